The number of hydrogen-bond acceptors (Lipinski definition) is 3. The van der Waals surface area contributed by atoms with Crippen molar-refractivity contribution in [3.8, 4) is 5.75 Å². The minimum Gasteiger partial charge on any atom is -0.407 e. The fraction of sp³-hybridized carbons (Fsp3) is 0.263. The summed E-state index contributed by atoms with van der Waals surface area (Å²) in [6.45, 7) is -0.443. The maximum Gasteiger partial charge on any atom is 0.420 e. The number of urea groups is 1. The zero-order chi connectivity index (χ0) is 26.3. The summed E-state index contributed by atoms with van der Waals surface area (Å²) in [5.41, 5.74) is -5.07. The zero-order valence-electron chi connectivity index (χ0n) is 17.4. The monoisotopic (exact) mass is 495 g/mol. The second-order valence-corrected chi connectivity index (χ2v) is 7.32. The van der Waals surface area contributed by atoms with E-state index in [1.165, 1.54) is 0 Å². The second-order valence-electron chi connectivity index (χ2n) is 7.32. The lowest BCUT2D eigenvalue weighted by Gasteiger charge is -2.37. The van der Waals surface area contributed by atoms with Gasteiger partial charge in [-0.1, -0.05) is 5.24 Å². The van der Waals surface area contributed by atoms with Gasteiger partial charge in [0.1, 0.15) is 11.4 Å². The Hall–Kier alpha value is -3.32. The second kappa shape index (κ2) is 9.04. The number of carbonyl (C=O) groups excluding carboxylic acids is 2. The van der Waals surface area contributed by atoms with Crippen LogP contribution in [0.25, 0.3) is 0 Å². The third-order valence-electron chi connectivity index (χ3n) is 4.69. The first-order valence-corrected chi connectivity index (χ1v) is 9.52. The topological polar surface area (TPSA) is 61.9 Å². The summed E-state index contributed by atoms with van der Waals surface area (Å²) in [5, 5.41) is -0.385. The molecule has 0 bridgehead atoms. The van der Waals surface area contributed by atoms with Crippen LogP contribution in [0.5, 0.6) is 5.75 Å². The summed E-state index contributed by atoms with van der Waals surface area (Å²) in [7, 11) is 16.6. The average molecular weight is 495 g/mol. The lowest BCUT2D eigenvalue weighted by Crippen LogP contribution is -2.55. The summed E-state index contributed by atoms with van der Waals surface area (Å²) in [4.78, 5) is 25.8. The Kier molecular flexibility index (Phi) is 6.79. The van der Waals surface area contributed by atoms with E-state index in [1.807, 2.05) is 0 Å². The van der Waals surface area contributed by atoms with E-state index in [4.69, 9.17) is 28.3 Å². The Balaban J connectivity index is 2.20. The fourth-order valence-electron chi connectivity index (χ4n) is 3.21. The van der Waals surface area contributed by atoms with Crippen molar-refractivity contribution in [3.05, 3.63) is 53.3 Å². The van der Waals surface area contributed by atoms with Crippen LogP contribution in [0.15, 0.2) is 36.4 Å². The molecule has 1 N–H and O–H groups in total. The van der Waals surface area contributed by atoms with Crippen molar-refractivity contribution in [2.45, 2.75) is 17.6 Å². The Bertz CT molecular complexity index is 1140. The number of rotatable bonds is 4. The smallest absolute Gasteiger partial charge is 0.407 e. The van der Waals surface area contributed by atoms with Crippen molar-refractivity contribution in [2.75, 3.05) is 22.9 Å². The van der Waals surface area contributed by atoms with Crippen LogP contribution in [-0.2, 0) is 12.4 Å². The van der Waals surface area contributed by atoms with E-state index in [0.29, 0.717) is 4.90 Å². The fourth-order valence-corrected chi connectivity index (χ4v) is 3.21. The Morgan fingerprint density at radius 2 is 1.60 bits per heavy atom. The lowest BCUT2D eigenvalue weighted by molar-refractivity contribution is -0.143. The standard InChI is InChI=1S/C19H11B3F7N3O3/c20-19(21,22)32(11-3-1-10(23)2-4-11)16(34)35-14-12(18(27,28)29)7-9(17(24,25)26)8-13(14)31-6-5-30-15(31)33/h1-4,7-8H,5-6H2,(H,30,33). The van der Waals surface area contributed by atoms with Crippen molar-refractivity contribution >= 4 is 47.0 Å². The van der Waals surface area contributed by atoms with Gasteiger partial charge in [-0.25, -0.2) is 14.0 Å². The molecule has 0 unspecified atom stereocenters. The highest BCUT2D eigenvalue weighted by Crippen LogP contribution is 2.46. The van der Waals surface area contributed by atoms with Gasteiger partial charge < -0.3 is 10.1 Å². The van der Waals surface area contributed by atoms with Crippen molar-refractivity contribution < 1.29 is 45.1 Å². The summed E-state index contributed by atoms with van der Waals surface area (Å²) < 4.78 is 99.7. The first kappa shape index (κ1) is 26.3. The molecule has 1 aliphatic rings. The number of anilines is 2. The molecular weight excluding hydrogens is 484 g/mol. The van der Waals surface area contributed by atoms with Gasteiger partial charge in [0.25, 0.3) is 0 Å². The van der Waals surface area contributed by atoms with Crippen molar-refractivity contribution in [1.82, 2.24) is 5.32 Å². The minimum absolute atomic E-state index is 0.108. The predicted molar refractivity (Wildman–Crippen MR) is 112 cm³/mol. The molecule has 35 heavy (non-hydrogen) atoms. The van der Waals surface area contributed by atoms with Gasteiger partial charge in [0.2, 0.25) is 0 Å². The maximum atomic E-state index is 13.8. The predicted octanol–water partition coefficient (Wildman–Crippen LogP) is 3.52. The summed E-state index contributed by atoms with van der Waals surface area (Å²) in [6, 6.07) is 2.51. The van der Waals surface area contributed by atoms with Crippen LogP contribution in [0.1, 0.15) is 11.1 Å². The van der Waals surface area contributed by atoms with Gasteiger partial charge in [-0.2, -0.15) is 26.3 Å². The summed E-state index contributed by atoms with van der Waals surface area (Å²) in [6.07, 6.45) is -12.5. The Morgan fingerprint density at radius 1 is 1.00 bits per heavy atom. The Morgan fingerprint density at radius 3 is 2.06 bits per heavy atom. The van der Waals surface area contributed by atoms with Crippen LogP contribution in [0.4, 0.5) is 51.7 Å². The molecule has 0 aliphatic carbocycles. The first-order valence-electron chi connectivity index (χ1n) is 9.52. The molecular formula is C19H11B3F7N3O3. The van der Waals surface area contributed by atoms with E-state index in [2.05, 4.69) is 5.32 Å². The van der Waals surface area contributed by atoms with Gasteiger partial charge in [-0.15, -0.1) is 0 Å². The van der Waals surface area contributed by atoms with Gasteiger partial charge in [0, 0.05) is 18.8 Å². The number of halogens is 7. The molecule has 16 heteroatoms. The zero-order valence-corrected chi connectivity index (χ0v) is 17.4. The molecule has 0 aromatic heterocycles. The van der Waals surface area contributed by atoms with Gasteiger partial charge in [-0.05, 0) is 36.4 Å². The molecule has 1 heterocycles. The highest BCUT2D eigenvalue weighted by molar-refractivity contribution is 6.62. The van der Waals surface area contributed by atoms with Gasteiger partial charge in [-0.3, -0.25) is 9.80 Å². The number of carbonyl (C=O) groups is 2. The van der Waals surface area contributed by atoms with Gasteiger partial charge >= 0.3 is 24.5 Å². The van der Waals surface area contributed by atoms with Crippen LogP contribution < -0.4 is 19.9 Å². The van der Waals surface area contributed by atoms with Crippen LogP contribution in [0, 0.1) is 5.82 Å². The van der Waals surface area contributed by atoms with E-state index in [-0.39, 0.29) is 35.8 Å². The van der Waals surface area contributed by atoms with Crippen molar-refractivity contribution in [2.24, 2.45) is 0 Å². The molecule has 1 aliphatic heterocycles. The minimum atomic E-state index is -5.46. The van der Waals surface area contributed by atoms with Crippen molar-refractivity contribution in [3.63, 3.8) is 0 Å². The molecule has 6 radical (unpaired) electrons. The van der Waals surface area contributed by atoms with Crippen LogP contribution in [-0.4, -0.2) is 54.0 Å². The number of nitrogens with zero attached hydrogens (tertiary/aromatic N) is 2. The number of amides is 3. The van der Waals surface area contributed by atoms with Crippen LogP contribution in [0.2, 0.25) is 0 Å². The maximum absolute atomic E-state index is 13.8. The van der Waals surface area contributed by atoms with Crippen molar-refractivity contribution in [1.29, 1.82) is 0 Å². The SMILES string of the molecule is [B]C([B])([B])N(C(=O)Oc1c(N2CCNC2=O)cc(C(F)(F)F)cc1C(F)(F)F)c1ccc(F)cc1. The van der Waals surface area contributed by atoms with E-state index in [9.17, 15) is 40.3 Å². The van der Waals surface area contributed by atoms with Crippen LogP contribution in [0.3, 0.4) is 0 Å². The lowest BCUT2D eigenvalue weighted by atomic mass is 9.48. The highest BCUT2D eigenvalue weighted by atomic mass is 19.4. The van der Waals surface area contributed by atoms with E-state index >= 15 is 0 Å². The number of alkyl halides is 6. The molecule has 0 saturated carbocycles. The van der Waals surface area contributed by atoms with Gasteiger partial charge in [0.15, 0.2) is 5.75 Å². The number of nitrogens with one attached hydrogen (secondary N) is 1. The largest absolute Gasteiger partial charge is 0.420 e. The van der Waals surface area contributed by atoms with Crippen LogP contribution >= 0.6 is 0 Å². The quantitative estimate of drug-likeness (QED) is 0.523. The highest BCUT2D eigenvalue weighted by Gasteiger charge is 2.43. The number of hydrogen-bond donors (Lipinski definition) is 1. The third-order valence-corrected chi connectivity index (χ3v) is 4.69. The normalized spacial score (nSPS) is 14.6. The molecule has 3 rings (SSSR count). The first-order chi connectivity index (χ1) is 16.0. The molecule has 178 valence electrons. The molecule has 6 nitrogen and oxygen atoms in total. The van der Waals surface area contributed by atoms with E-state index < -0.39 is 58.1 Å². The molecule has 1 fully saturated rings. The molecule has 2 aromatic rings. The number of ether oxygens (including phenoxy) is 1. The third kappa shape index (κ3) is 5.68. The van der Waals surface area contributed by atoms with Gasteiger partial charge in [0.05, 0.1) is 34.8 Å². The molecule has 0 spiro atoms. The van der Waals surface area contributed by atoms with E-state index in [1.54, 1.807) is 0 Å². The molecule has 0 atom stereocenters. The van der Waals surface area contributed by atoms with E-state index in [0.717, 1.165) is 24.3 Å². The number of benzene rings is 2. The summed E-state index contributed by atoms with van der Waals surface area (Å²) in [5.74, 6) is -2.19. The molecule has 3 amide bonds. The summed E-state index contributed by atoms with van der Waals surface area (Å²) >= 11 is 0. The Labute approximate surface area is 197 Å². The average Bonchev–Trinajstić information content (AvgIpc) is 3.12. The molecule has 1 saturated heterocycles. The molecule has 2 aromatic carbocycles.